The molecule has 3 rings (SSSR count). The van der Waals surface area contributed by atoms with Gasteiger partial charge in [-0.3, -0.25) is 4.79 Å². The summed E-state index contributed by atoms with van der Waals surface area (Å²) in [6.45, 7) is 2.76. The standard InChI is InChI=1S/C12H16N2OS/c15-12-10-4-1-5-13-11(10)8-14(12)7-9-3-2-6-16-9/h2-3,6,10-11,13H,1,4-5,7-8H2. The molecule has 0 spiro atoms. The molecule has 0 saturated carbocycles. The summed E-state index contributed by atoms with van der Waals surface area (Å²) in [4.78, 5) is 15.5. The Morgan fingerprint density at radius 2 is 2.50 bits per heavy atom. The maximum atomic E-state index is 12.2. The zero-order chi connectivity index (χ0) is 11.0. The molecule has 1 amide bonds. The second-order valence-electron chi connectivity index (χ2n) is 4.61. The molecule has 2 saturated heterocycles. The minimum absolute atomic E-state index is 0.244. The molecular formula is C12H16N2OS. The number of hydrogen-bond donors (Lipinski definition) is 1. The number of piperidine rings is 1. The van der Waals surface area contributed by atoms with Crippen molar-refractivity contribution in [3.63, 3.8) is 0 Å². The van der Waals surface area contributed by atoms with Gasteiger partial charge in [-0.1, -0.05) is 6.07 Å². The van der Waals surface area contributed by atoms with Crippen LogP contribution < -0.4 is 5.32 Å². The van der Waals surface area contributed by atoms with Crippen LogP contribution in [0.15, 0.2) is 17.5 Å². The smallest absolute Gasteiger partial charge is 0.227 e. The molecule has 16 heavy (non-hydrogen) atoms. The highest BCUT2D eigenvalue weighted by Gasteiger charge is 2.41. The fraction of sp³-hybridized carbons (Fsp3) is 0.583. The summed E-state index contributed by atoms with van der Waals surface area (Å²) in [5.74, 6) is 0.597. The number of carbonyl (C=O) groups excluding carboxylic acids is 1. The van der Waals surface area contributed by atoms with E-state index >= 15 is 0 Å². The lowest BCUT2D eigenvalue weighted by Crippen LogP contribution is -2.41. The third-order valence-corrected chi connectivity index (χ3v) is 4.42. The summed E-state index contributed by atoms with van der Waals surface area (Å²) in [5.41, 5.74) is 0. The van der Waals surface area contributed by atoms with E-state index in [4.69, 9.17) is 0 Å². The van der Waals surface area contributed by atoms with Crippen molar-refractivity contribution in [1.29, 1.82) is 0 Å². The van der Waals surface area contributed by atoms with Gasteiger partial charge >= 0.3 is 0 Å². The van der Waals surface area contributed by atoms with E-state index in [1.165, 1.54) is 4.88 Å². The molecule has 0 radical (unpaired) electrons. The van der Waals surface area contributed by atoms with Crippen LogP contribution in [-0.2, 0) is 11.3 Å². The molecule has 3 nitrogen and oxygen atoms in total. The predicted octanol–water partition coefficient (Wildman–Crippen LogP) is 1.46. The highest BCUT2D eigenvalue weighted by atomic mass is 32.1. The zero-order valence-electron chi connectivity index (χ0n) is 9.19. The Labute approximate surface area is 99.5 Å². The van der Waals surface area contributed by atoms with Crippen molar-refractivity contribution in [2.75, 3.05) is 13.1 Å². The maximum Gasteiger partial charge on any atom is 0.227 e. The molecule has 86 valence electrons. The Bertz CT molecular complexity index is 376. The molecule has 0 bridgehead atoms. The number of nitrogens with one attached hydrogen (secondary N) is 1. The van der Waals surface area contributed by atoms with Crippen LogP contribution in [0.3, 0.4) is 0 Å². The molecule has 1 aromatic heterocycles. The first-order valence-electron chi connectivity index (χ1n) is 5.89. The summed E-state index contributed by atoms with van der Waals surface area (Å²) in [5, 5.41) is 5.53. The van der Waals surface area contributed by atoms with Gasteiger partial charge in [0.15, 0.2) is 0 Å². The quantitative estimate of drug-likeness (QED) is 0.843. The van der Waals surface area contributed by atoms with E-state index in [0.717, 1.165) is 32.5 Å². The van der Waals surface area contributed by atoms with E-state index in [2.05, 4.69) is 16.8 Å². The van der Waals surface area contributed by atoms with Gasteiger partial charge in [-0.05, 0) is 30.8 Å². The first-order chi connectivity index (χ1) is 7.84. The average Bonchev–Trinajstić information content (AvgIpc) is 2.90. The molecule has 1 aromatic rings. The van der Waals surface area contributed by atoms with Crippen molar-refractivity contribution < 1.29 is 4.79 Å². The maximum absolute atomic E-state index is 12.2. The van der Waals surface area contributed by atoms with Crippen molar-refractivity contribution >= 4 is 17.2 Å². The molecule has 2 unspecified atom stereocenters. The largest absolute Gasteiger partial charge is 0.336 e. The Morgan fingerprint density at radius 1 is 1.56 bits per heavy atom. The topological polar surface area (TPSA) is 32.3 Å². The first-order valence-corrected chi connectivity index (χ1v) is 6.77. The van der Waals surface area contributed by atoms with Crippen LogP contribution in [0.5, 0.6) is 0 Å². The number of amides is 1. The minimum atomic E-state index is 0.244. The molecule has 2 aliphatic heterocycles. The highest BCUT2D eigenvalue weighted by Crippen LogP contribution is 2.28. The zero-order valence-corrected chi connectivity index (χ0v) is 10.0. The number of nitrogens with zero attached hydrogens (tertiary/aromatic N) is 1. The lowest BCUT2D eigenvalue weighted by atomic mass is 9.94. The lowest BCUT2D eigenvalue weighted by Gasteiger charge is -2.23. The summed E-state index contributed by atoms with van der Waals surface area (Å²) >= 11 is 1.73. The number of thiophene rings is 1. The van der Waals surface area contributed by atoms with Crippen molar-refractivity contribution in [3.8, 4) is 0 Å². The van der Waals surface area contributed by atoms with Crippen LogP contribution in [0.25, 0.3) is 0 Å². The van der Waals surface area contributed by atoms with Gasteiger partial charge in [0.2, 0.25) is 5.91 Å². The molecule has 2 atom stereocenters. The minimum Gasteiger partial charge on any atom is -0.336 e. The van der Waals surface area contributed by atoms with Crippen molar-refractivity contribution in [3.05, 3.63) is 22.4 Å². The van der Waals surface area contributed by atoms with E-state index < -0.39 is 0 Å². The van der Waals surface area contributed by atoms with Gasteiger partial charge in [0.05, 0.1) is 12.5 Å². The van der Waals surface area contributed by atoms with Gasteiger partial charge in [0, 0.05) is 17.5 Å². The fourth-order valence-corrected chi connectivity index (χ4v) is 3.45. The van der Waals surface area contributed by atoms with Gasteiger partial charge in [0.1, 0.15) is 0 Å². The summed E-state index contributed by atoms with van der Waals surface area (Å²) < 4.78 is 0. The van der Waals surface area contributed by atoms with Crippen molar-refractivity contribution in [2.45, 2.75) is 25.4 Å². The van der Waals surface area contributed by atoms with Crippen LogP contribution in [0.4, 0.5) is 0 Å². The van der Waals surface area contributed by atoms with Crippen LogP contribution in [0.1, 0.15) is 17.7 Å². The number of fused-ring (bicyclic) bond motifs is 1. The molecule has 3 heterocycles. The second kappa shape index (κ2) is 4.18. The second-order valence-corrected chi connectivity index (χ2v) is 5.64. The van der Waals surface area contributed by atoms with E-state index in [9.17, 15) is 4.79 Å². The SMILES string of the molecule is O=C1C2CCCNC2CN1Cc1cccs1. The Balaban J connectivity index is 1.71. The van der Waals surface area contributed by atoms with Gasteiger partial charge in [-0.2, -0.15) is 0 Å². The molecule has 2 fully saturated rings. The molecular weight excluding hydrogens is 220 g/mol. The third-order valence-electron chi connectivity index (χ3n) is 3.56. The monoisotopic (exact) mass is 236 g/mol. The predicted molar refractivity (Wildman–Crippen MR) is 64.3 cm³/mol. The molecule has 0 aliphatic carbocycles. The summed E-state index contributed by atoms with van der Waals surface area (Å²) in [7, 11) is 0. The molecule has 2 aliphatic rings. The summed E-state index contributed by atoms with van der Waals surface area (Å²) in [6, 6.07) is 4.56. The normalized spacial score (nSPS) is 29.5. The number of hydrogen-bond acceptors (Lipinski definition) is 3. The third kappa shape index (κ3) is 1.76. The van der Waals surface area contributed by atoms with Crippen LogP contribution in [-0.4, -0.2) is 29.9 Å². The average molecular weight is 236 g/mol. The molecule has 0 aromatic carbocycles. The van der Waals surface area contributed by atoms with E-state index in [0.29, 0.717) is 11.9 Å². The van der Waals surface area contributed by atoms with Gasteiger partial charge in [-0.25, -0.2) is 0 Å². The van der Waals surface area contributed by atoms with E-state index in [1.54, 1.807) is 11.3 Å². The van der Waals surface area contributed by atoms with E-state index in [1.807, 2.05) is 11.0 Å². The van der Waals surface area contributed by atoms with Gasteiger partial charge in [-0.15, -0.1) is 11.3 Å². The molecule has 4 heteroatoms. The van der Waals surface area contributed by atoms with E-state index in [-0.39, 0.29) is 5.92 Å². The number of carbonyl (C=O) groups is 1. The van der Waals surface area contributed by atoms with Crippen LogP contribution in [0.2, 0.25) is 0 Å². The van der Waals surface area contributed by atoms with Crippen molar-refractivity contribution in [2.24, 2.45) is 5.92 Å². The van der Waals surface area contributed by atoms with Gasteiger partial charge in [0.25, 0.3) is 0 Å². The van der Waals surface area contributed by atoms with Crippen molar-refractivity contribution in [1.82, 2.24) is 10.2 Å². The highest BCUT2D eigenvalue weighted by molar-refractivity contribution is 7.09. The van der Waals surface area contributed by atoms with Crippen LogP contribution >= 0.6 is 11.3 Å². The lowest BCUT2D eigenvalue weighted by molar-refractivity contribution is -0.131. The fourth-order valence-electron chi connectivity index (χ4n) is 2.74. The summed E-state index contributed by atoms with van der Waals surface area (Å²) in [6.07, 6.45) is 2.21. The first kappa shape index (κ1) is 10.3. The number of likely N-dealkylation sites (tertiary alicyclic amines) is 1. The van der Waals surface area contributed by atoms with Gasteiger partial charge < -0.3 is 10.2 Å². The Kier molecular flexibility index (Phi) is 2.69. The molecule has 1 N–H and O–H groups in total. The van der Waals surface area contributed by atoms with Crippen LogP contribution in [0, 0.1) is 5.92 Å². The Hall–Kier alpha value is -0.870. The number of rotatable bonds is 2. The Morgan fingerprint density at radius 3 is 3.25 bits per heavy atom.